The van der Waals surface area contributed by atoms with Crippen molar-refractivity contribution < 1.29 is 0 Å². The highest BCUT2D eigenvalue weighted by atomic mass is 15.4. The number of hydrazine groups is 1. The Kier molecular flexibility index (Phi) is 6.16. The molecule has 4 heteroatoms. The molecule has 0 aromatic rings. The summed E-state index contributed by atoms with van der Waals surface area (Å²) in [5.74, 6) is 6.39. The Balaban J connectivity index is 2.47. The molecule has 1 saturated heterocycles. The van der Waals surface area contributed by atoms with E-state index in [4.69, 9.17) is 5.84 Å². The Hall–Kier alpha value is -0.770. The van der Waals surface area contributed by atoms with Crippen molar-refractivity contribution in [1.82, 2.24) is 10.3 Å². The van der Waals surface area contributed by atoms with Crippen LogP contribution in [0.2, 0.25) is 0 Å². The smallest absolute Gasteiger partial charge is 0.208 e. The minimum atomic E-state index is 0.857. The van der Waals surface area contributed by atoms with E-state index in [0.29, 0.717) is 0 Å². The van der Waals surface area contributed by atoms with Crippen LogP contribution in [-0.4, -0.2) is 30.5 Å². The first-order chi connectivity index (χ1) is 7.38. The van der Waals surface area contributed by atoms with E-state index in [9.17, 15) is 0 Å². The molecule has 0 amide bonds. The second kappa shape index (κ2) is 7.51. The molecular weight excluding hydrogens is 188 g/mol. The Labute approximate surface area is 92.9 Å². The third-order valence-corrected chi connectivity index (χ3v) is 2.77. The van der Waals surface area contributed by atoms with Gasteiger partial charge in [0.05, 0.1) is 0 Å². The molecule has 1 fully saturated rings. The molecule has 1 aliphatic heterocycles. The minimum absolute atomic E-state index is 0.857. The lowest BCUT2D eigenvalue weighted by Crippen LogP contribution is -2.46. The third kappa shape index (κ3) is 4.51. The number of hydrogen-bond acceptors (Lipinski definition) is 2. The highest BCUT2D eigenvalue weighted by Crippen LogP contribution is 2.10. The van der Waals surface area contributed by atoms with Gasteiger partial charge in [0.1, 0.15) is 0 Å². The maximum absolute atomic E-state index is 5.51. The number of likely N-dealkylation sites (tertiary alicyclic amines) is 1. The zero-order chi connectivity index (χ0) is 10.9. The molecule has 3 N–H and O–H groups in total. The fourth-order valence-electron chi connectivity index (χ4n) is 1.91. The van der Waals surface area contributed by atoms with Crippen molar-refractivity contribution >= 4 is 5.96 Å². The molecule has 4 nitrogen and oxygen atoms in total. The van der Waals surface area contributed by atoms with Crippen LogP contribution in [0.1, 0.15) is 45.4 Å². The van der Waals surface area contributed by atoms with Crippen molar-refractivity contribution in [1.29, 1.82) is 0 Å². The summed E-state index contributed by atoms with van der Waals surface area (Å²) in [5, 5.41) is 0. The van der Waals surface area contributed by atoms with Crippen molar-refractivity contribution in [3.05, 3.63) is 0 Å². The quantitative estimate of drug-likeness (QED) is 0.315. The molecule has 88 valence electrons. The summed E-state index contributed by atoms with van der Waals surface area (Å²) >= 11 is 0. The van der Waals surface area contributed by atoms with Gasteiger partial charge in [0, 0.05) is 19.6 Å². The monoisotopic (exact) mass is 212 g/mol. The molecule has 1 heterocycles. The largest absolute Gasteiger partial charge is 0.342 e. The standard InChI is InChI=1S/C11H24N4/c1-2-8-13-11(14-12)15-9-6-4-3-5-7-10-15/h2-10,12H2,1H3,(H,13,14). The molecule has 15 heavy (non-hydrogen) atoms. The summed E-state index contributed by atoms with van der Waals surface area (Å²) < 4.78 is 0. The molecule has 0 aromatic heterocycles. The van der Waals surface area contributed by atoms with Gasteiger partial charge in [0.25, 0.3) is 0 Å². The van der Waals surface area contributed by atoms with Gasteiger partial charge in [-0.25, -0.2) is 5.84 Å². The lowest BCUT2D eigenvalue weighted by Gasteiger charge is -2.27. The number of nitrogens with one attached hydrogen (secondary N) is 1. The van der Waals surface area contributed by atoms with E-state index in [1.807, 2.05) is 0 Å². The van der Waals surface area contributed by atoms with Crippen LogP contribution in [0.25, 0.3) is 0 Å². The van der Waals surface area contributed by atoms with Crippen LogP contribution < -0.4 is 11.3 Å². The SMILES string of the molecule is CCCN=C(NN)N1CCCCCCC1. The Morgan fingerprint density at radius 2 is 1.80 bits per heavy atom. The second-order valence-electron chi connectivity index (χ2n) is 4.10. The van der Waals surface area contributed by atoms with E-state index in [-0.39, 0.29) is 0 Å². The van der Waals surface area contributed by atoms with E-state index in [2.05, 4.69) is 22.2 Å². The molecule has 0 bridgehead atoms. The van der Waals surface area contributed by atoms with Gasteiger partial charge in [0.2, 0.25) is 5.96 Å². The van der Waals surface area contributed by atoms with E-state index in [0.717, 1.165) is 32.0 Å². The van der Waals surface area contributed by atoms with Crippen LogP contribution >= 0.6 is 0 Å². The summed E-state index contributed by atoms with van der Waals surface area (Å²) in [5.41, 5.74) is 2.73. The van der Waals surface area contributed by atoms with Crippen LogP contribution in [-0.2, 0) is 0 Å². The summed E-state index contributed by atoms with van der Waals surface area (Å²) in [6, 6.07) is 0. The zero-order valence-corrected chi connectivity index (χ0v) is 9.84. The van der Waals surface area contributed by atoms with Crippen LogP contribution in [0.5, 0.6) is 0 Å². The molecule has 0 saturated carbocycles. The van der Waals surface area contributed by atoms with Crippen LogP contribution in [0.15, 0.2) is 4.99 Å². The number of aliphatic imine (C=N–C) groups is 1. The molecule has 1 aliphatic rings. The highest BCUT2D eigenvalue weighted by molar-refractivity contribution is 5.79. The predicted octanol–water partition coefficient (Wildman–Crippen LogP) is 1.48. The number of guanidine groups is 1. The van der Waals surface area contributed by atoms with Crippen molar-refractivity contribution in [3.8, 4) is 0 Å². The molecular formula is C11H24N4. The minimum Gasteiger partial charge on any atom is -0.342 e. The van der Waals surface area contributed by atoms with E-state index >= 15 is 0 Å². The fourth-order valence-corrected chi connectivity index (χ4v) is 1.91. The molecule has 0 spiro atoms. The molecule has 0 unspecified atom stereocenters. The number of rotatable bonds is 2. The third-order valence-electron chi connectivity index (χ3n) is 2.77. The van der Waals surface area contributed by atoms with Crippen LogP contribution in [0, 0.1) is 0 Å². The lowest BCUT2D eigenvalue weighted by atomic mass is 10.1. The van der Waals surface area contributed by atoms with Gasteiger partial charge in [-0.15, -0.1) is 0 Å². The Morgan fingerprint density at radius 1 is 1.20 bits per heavy atom. The molecule has 0 aliphatic carbocycles. The number of hydrogen-bond donors (Lipinski definition) is 2. The predicted molar refractivity (Wildman–Crippen MR) is 64.6 cm³/mol. The average molecular weight is 212 g/mol. The summed E-state index contributed by atoms with van der Waals surface area (Å²) in [6.07, 6.45) is 7.63. The van der Waals surface area contributed by atoms with Crippen molar-refractivity contribution in [2.24, 2.45) is 10.8 Å². The van der Waals surface area contributed by atoms with E-state index < -0.39 is 0 Å². The van der Waals surface area contributed by atoms with E-state index in [1.54, 1.807) is 0 Å². The summed E-state index contributed by atoms with van der Waals surface area (Å²) in [6.45, 7) is 5.17. The fraction of sp³-hybridized carbons (Fsp3) is 0.909. The van der Waals surface area contributed by atoms with Crippen molar-refractivity contribution in [2.45, 2.75) is 45.4 Å². The maximum Gasteiger partial charge on any atom is 0.208 e. The van der Waals surface area contributed by atoms with Crippen LogP contribution in [0.3, 0.4) is 0 Å². The molecule has 0 aromatic carbocycles. The Bertz CT molecular complexity index is 183. The van der Waals surface area contributed by atoms with Gasteiger partial charge in [-0.05, 0) is 19.3 Å². The second-order valence-corrected chi connectivity index (χ2v) is 4.10. The zero-order valence-electron chi connectivity index (χ0n) is 9.84. The van der Waals surface area contributed by atoms with E-state index in [1.165, 1.54) is 32.1 Å². The van der Waals surface area contributed by atoms with Crippen molar-refractivity contribution in [3.63, 3.8) is 0 Å². The molecule has 1 rings (SSSR count). The van der Waals surface area contributed by atoms with Crippen LogP contribution in [0.4, 0.5) is 0 Å². The topological polar surface area (TPSA) is 53.6 Å². The normalized spacial score (nSPS) is 19.6. The Morgan fingerprint density at radius 3 is 2.33 bits per heavy atom. The maximum atomic E-state index is 5.51. The first-order valence-electron chi connectivity index (χ1n) is 6.14. The highest BCUT2D eigenvalue weighted by Gasteiger charge is 2.11. The molecule has 0 radical (unpaired) electrons. The first-order valence-corrected chi connectivity index (χ1v) is 6.14. The van der Waals surface area contributed by atoms with Gasteiger partial charge < -0.3 is 4.90 Å². The van der Waals surface area contributed by atoms with Crippen molar-refractivity contribution in [2.75, 3.05) is 19.6 Å². The molecule has 0 atom stereocenters. The van der Waals surface area contributed by atoms with Gasteiger partial charge in [0.15, 0.2) is 0 Å². The summed E-state index contributed by atoms with van der Waals surface area (Å²) in [7, 11) is 0. The van der Waals surface area contributed by atoms with Gasteiger partial charge in [-0.2, -0.15) is 0 Å². The first kappa shape index (κ1) is 12.3. The lowest BCUT2D eigenvalue weighted by molar-refractivity contribution is 0.351. The van der Waals surface area contributed by atoms with Gasteiger partial charge >= 0.3 is 0 Å². The summed E-state index contributed by atoms with van der Waals surface area (Å²) in [4.78, 5) is 6.75. The number of nitrogens with zero attached hydrogens (tertiary/aromatic N) is 2. The van der Waals surface area contributed by atoms with Gasteiger partial charge in [-0.1, -0.05) is 26.2 Å². The number of nitrogens with two attached hydrogens (primary N) is 1. The van der Waals surface area contributed by atoms with Gasteiger partial charge in [-0.3, -0.25) is 10.4 Å². The average Bonchev–Trinajstić information content (AvgIpc) is 2.21.